The first-order chi connectivity index (χ1) is 12.2. The molecule has 1 aliphatic rings. The van der Waals surface area contributed by atoms with E-state index in [-0.39, 0.29) is 24.2 Å². The van der Waals surface area contributed by atoms with Gasteiger partial charge in [-0.2, -0.15) is 0 Å². The second-order valence-electron chi connectivity index (χ2n) is 6.51. The third-order valence-corrected chi connectivity index (χ3v) is 4.58. The van der Waals surface area contributed by atoms with Crippen molar-refractivity contribution in [3.8, 4) is 0 Å². The van der Waals surface area contributed by atoms with Crippen LogP contribution < -0.4 is 5.32 Å². The van der Waals surface area contributed by atoms with Crippen LogP contribution in [0.15, 0.2) is 60.7 Å². The van der Waals surface area contributed by atoms with Crippen molar-refractivity contribution in [2.24, 2.45) is 0 Å². The fourth-order valence-corrected chi connectivity index (χ4v) is 3.24. The standard InChI is InChI=1S/C21H24N2O2/c24-20(14-13-17-8-3-1-4-9-17)21(25)23-15-7-12-19(16-23)22-18-10-5-2-6-11-18/h1-6,8-11,19,22H,7,12-16H2/t19-/m1/s1. The number of ketones is 1. The molecule has 1 N–H and O–H groups in total. The van der Waals surface area contributed by atoms with Crippen LogP contribution in [0.4, 0.5) is 5.69 Å². The minimum atomic E-state index is -0.338. The summed E-state index contributed by atoms with van der Waals surface area (Å²) in [6.07, 6.45) is 2.82. The molecule has 1 heterocycles. The van der Waals surface area contributed by atoms with E-state index in [0.29, 0.717) is 19.5 Å². The van der Waals surface area contributed by atoms with Crippen molar-refractivity contribution in [2.75, 3.05) is 18.4 Å². The third kappa shape index (κ3) is 4.92. The maximum absolute atomic E-state index is 12.5. The predicted octanol–water partition coefficient (Wildman–Crippen LogP) is 3.29. The van der Waals surface area contributed by atoms with Crippen molar-refractivity contribution in [3.63, 3.8) is 0 Å². The fraction of sp³-hybridized carbons (Fsp3) is 0.333. The Balaban J connectivity index is 1.51. The van der Waals surface area contributed by atoms with Crippen molar-refractivity contribution in [2.45, 2.75) is 31.7 Å². The minimum Gasteiger partial charge on any atom is -0.381 e. The Hall–Kier alpha value is -2.62. The van der Waals surface area contributed by atoms with Crippen LogP contribution in [-0.4, -0.2) is 35.7 Å². The molecular formula is C21H24N2O2. The summed E-state index contributed by atoms with van der Waals surface area (Å²) in [5.74, 6) is -0.625. The van der Waals surface area contributed by atoms with E-state index in [1.807, 2.05) is 60.7 Å². The van der Waals surface area contributed by atoms with Gasteiger partial charge in [-0.25, -0.2) is 0 Å². The quantitative estimate of drug-likeness (QED) is 0.824. The van der Waals surface area contributed by atoms with E-state index in [2.05, 4.69) is 5.32 Å². The van der Waals surface area contributed by atoms with Crippen LogP contribution in [0.5, 0.6) is 0 Å². The Kier molecular flexibility index (Phi) is 5.83. The molecule has 2 aromatic rings. The average molecular weight is 336 g/mol. The van der Waals surface area contributed by atoms with Crippen molar-refractivity contribution in [3.05, 3.63) is 66.2 Å². The molecule has 0 saturated carbocycles. The van der Waals surface area contributed by atoms with E-state index in [1.165, 1.54) is 0 Å². The third-order valence-electron chi connectivity index (χ3n) is 4.58. The number of piperidine rings is 1. The van der Waals surface area contributed by atoms with E-state index in [1.54, 1.807) is 4.90 Å². The molecule has 25 heavy (non-hydrogen) atoms. The van der Waals surface area contributed by atoms with Gasteiger partial charge >= 0.3 is 0 Å². The highest BCUT2D eigenvalue weighted by molar-refractivity contribution is 6.36. The van der Waals surface area contributed by atoms with Crippen LogP contribution in [0.1, 0.15) is 24.8 Å². The second kappa shape index (κ2) is 8.47. The number of carbonyl (C=O) groups excluding carboxylic acids is 2. The van der Waals surface area contributed by atoms with Gasteiger partial charge in [0.05, 0.1) is 0 Å². The summed E-state index contributed by atoms with van der Waals surface area (Å²) in [4.78, 5) is 26.4. The van der Waals surface area contributed by atoms with Crippen LogP contribution in [-0.2, 0) is 16.0 Å². The number of nitrogens with one attached hydrogen (secondary N) is 1. The molecule has 1 atom stereocenters. The molecule has 1 amide bonds. The molecular weight excluding hydrogens is 312 g/mol. The number of benzene rings is 2. The summed E-state index contributed by atoms with van der Waals surface area (Å²) in [6, 6.07) is 20.0. The van der Waals surface area contributed by atoms with E-state index < -0.39 is 0 Å². The zero-order chi connectivity index (χ0) is 17.5. The lowest BCUT2D eigenvalue weighted by atomic mass is 10.0. The Morgan fingerprint density at radius 2 is 1.68 bits per heavy atom. The molecule has 2 aromatic carbocycles. The Morgan fingerprint density at radius 3 is 2.40 bits per heavy atom. The first-order valence-electron chi connectivity index (χ1n) is 8.90. The summed E-state index contributed by atoms with van der Waals surface area (Å²) in [6.45, 7) is 1.26. The van der Waals surface area contributed by atoms with Crippen molar-refractivity contribution < 1.29 is 9.59 Å². The molecule has 130 valence electrons. The first kappa shape index (κ1) is 17.2. The lowest BCUT2D eigenvalue weighted by molar-refractivity contribution is -0.145. The van der Waals surface area contributed by atoms with E-state index in [0.717, 1.165) is 24.1 Å². The predicted molar refractivity (Wildman–Crippen MR) is 99.4 cm³/mol. The number of likely N-dealkylation sites (tertiary alicyclic amines) is 1. The van der Waals surface area contributed by atoms with Gasteiger partial charge < -0.3 is 10.2 Å². The van der Waals surface area contributed by atoms with Crippen molar-refractivity contribution in [1.29, 1.82) is 0 Å². The maximum atomic E-state index is 12.5. The first-order valence-corrected chi connectivity index (χ1v) is 8.90. The fourth-order valence-electron chi connectivity index (χ4n) is 3.24. The molecule has 1 saturated heterocycles. The summed E-state index contributed by atoms with van der Waals surface area (Å²) < 4.78 is 0. The molecule has 0 aromatic heterocycles. The Bertz CT molecular complexity index is 700. The highest BCUT2D eigenvalue weighted by Gasteiger charge is 2.27. The van der Waals surface area contributed by atoms with Crippen LogP contribution >= 0.6 is 0 Å². The summed E-state index contributed by atoms with van der Waals surface area (Å²) in [5, 5.41) is 3.46. The monoisotopic (exact) mass is 336 g/mol. The maximum Gasteiger partial charge on any atom is 0.290 e. The molecule has 0 spiro atoms. The molecule has 1 fully saturated rings. The summed E-state index contributed by atoms with van der Waals surface area (Å²) in [5.41, 5.74) is 2.14. The van der Waals surface area contributed by atoms with Crippen LogP contribution in [0.3, 0.4) is 0 Å². The van der Waals surface area contributed by atoms with Crippen LogP contribution in [0, 0.1) is 0 Å². The highest BCUT2D eigenvalue weighted by Crippen LogP contribution is 2.16. The van der Waals surface area contributed by atoms with Gasteiger partial charge in [0.15, 0.2) is 0 Å². The Morgan fingerprint density at radius 1 is 1.00 bits per heavy atom. The molecule has 4 nitrogen and oxygen atoms in total. The zero-order valence-electron chi connectivity index (χ0n) is 14.4. The highest BCUT2D eigenvalue weighted by atomic mass is 16.2. The minimum absolute atomic E-state index is 0.196. The second-order valence-corrected chi connectivity index (χ2v) is 6.51. The average Bonchev–Trinajstić information content (AvgIpc) is 2.67. The van der Waals surface area contributed by atoms with Crippen molar-refractivity contribution in [1.82, 2.24) is 4.90 Å². The van der Waals surface area contributed by atoms with E-state index >= 15 is 0 Å². The number of rotatable bonds is 6. The smallest absolute Gasteiger partial charge is 0.290 e. The van der Waals surface area contributed by atoms with Gasteiger partial charge in [0.2, 0.25) is 5.78 Å². The molecule has 1 aliphatic heterocycles. The normalized spacial score (nSPS) is 17.1. The SMILES string of the molecule is O=C(CCc1ccccc1)C(=O)N1CCC[C@@H](Nc2ccccc2)C1. The Labute approximate surface area is 148 Å². The van der Waals surface area contributed by atoms with E-state index in [4.69, 9.17) is 0 Å². The van der Waals surface area contributed by atoms with Gasteiger partial charge in [0, 0.05) is 31.2 Å². The molecule has 0 aliphatic carbocycles. The largest absolute Gasteiger partial charge is 0.381 e. The topological polar surface area (TPSA) is 49.4 Å². The lowest BCUT2D eigenvalue weighted by Crippen LogP contribution is -2.47. The number of hydrogen-bond donors (Lipinski definition) is 1. The van der Waals surface area contributed by atoms with E-state index in [9.17, 15) is 9.59 Å². The zero-order valence-corrected chi connectivity index (χ0v) is 14.4. The number of nitrogens with zero attached hydrogens (tertiary/aromatic N) is 1. The van der Waals surface area contributed by atoms with Crippen LogP contribution in [0.2, 0.25) is 0 Å². The summed E-state index contributed by atoms with van der Waals surface area (Å²) >= 11 is 0. The number of aryl methyl sites for hydroxylation is 1. The number of Topliss-reactive ketones (excluding diaryl/α,β-unsaturated/α-hetero) is 1. The van der Waals surface area contributed by atoms with Gasteiger partial charge in [0.1, 0.15) is 0 Å². The van der Waals surface area contributed by atoms with Gasteiger partial charge in [-0.15, -0.1) is 0 Å². The molecule has 0 radical (unpaired) electrons. The van der Waals surface area contributed by atoms with Gasteiger partial charge in [-0.1, -0.05) is 48.5 Å². The van der Waals surface area contributed by atoms with Gasteiger partial charge in [-0.05, 0) is 37.0 Å². The molecule has 0 bridgehead atoms. The molecule has 4 heteroatoms. The number of hydrogen-bond acceptors (Lipinski definition) is 3. The number of carbonyl (C=O) groups is 2. The number of amides is 1. The van der Waals surface area contributed by atoms with Crippen molar-refractivity contribution >= 4 is 17.4 Å². The molecule has 0 unspecified atom stereocenters. The van der Waals surface area contributed by atoms with Gasteiger partial charge in [0.25, 0.3) is 5.91 Å². The summed E-state index contributed by atoms with van der Waals surface area (Å²) in [7, 11) is 0. The number of anilines is 1. The molecule has 3 rings (SSSR count). The van der Waals surface area contributed by atoms with Crippen LogP contribution in [0.25, 0.3) is 0 Å². The number of para-hydroxylation sites is 1. The lowest BCUT2D eigenvalue weighted by Gasteiger charge is -2.33. The van der Waals surface area contributed by atoms with Gasteiger partial charge in [-0.3, -0.25) is 9.59 Å².